The Labute approximate surface area is 118 Å². The van der Waals surface area contributed by atoms with Crippen LogP contribution in [0.15, 0.2) is 30.3 Å². The van der Waals surface area contributed by atoms with Crippen molar-refractivity contribution in [1.29, 1.82) is 0 Å². The summed E-state index contributed by atoms with van der Waals surface area (Å²) < 4.78 is 0. The van der Waals surface area contributed by atoms with Crippen LogP contribution in [0.5, 0.6) is 0 Å². The van der Waals surface area contributed by atoms with Crippen molar-refractivity contribution in [2.75, 3.05) is 11.9 Å². The minimum atomic E-state index is -0.922. The molecule has 0 fully saturated rings. The van der Waals surface area contributed by atoms with Gasteiger partial charge in [-0.1, -0.05) is 44.9 Å². The van der Waals surface area contributed by atoms with Gasteiger partial charge in [0.05, 0.1) is 11.1 Å². The van der Waals surface area contributed by atoms with Gasteiger partial charge in [0, 0.05) is 11.9 Å². The molecule has 0 radical (unpaired) electrons. The quantitative estimate of drug-likeness (QED) is 0.840. The summed E-state index contributed by atoms with van der Waals surface area (Å²) in [6.07, 6.45) is 2.20. The van der Waals surface area contributed by atoms with E-state index in [-0.39, 0.29) is 0 Å². The van der Waals surface area contributed by atoms with Crippen molar-refractivity contribution < 1.29 is 9.90 Å². The molecule has 0 unspecified atom stereocenters. The molecule has 1 heterocycles. The molecule has 0 aliphatic rings. The first kappa shape index (κ1) is 14.3. The molecular formula is C16H20N2O2. The highest BCUT2D eigenvalue weighted by atomic mass is 16.4. The molecule has 2 aromatic rings. The lowest BCUT2D eigenvalue weighted by molar-refractivity contribution is 0.0699. The molecule has 20 heavy (non-hydrogen) atoms. The normalized spacial score (nSPS) is 10.9. The molecule has 1 aromatic carbocycles. The van der Waals surface area contributed by atoms with Crippen LogP contribution < -0.4 is 5.32 Å². The molecule has 0 aliphatic carbocycles. The number of para-hydroxylation sites is 1. The van der Waals surface area contributed by atoms with Crippen molar-refractivity contribution in [2.45, 2.75) is 26.7 Å². The third-order valence-electron chi connectivity index (χ3n) is 3.67. The highest BCUT2D eigenvalue weighted by molar-refractivity contribution is 6.03. The number of carbonyl (C=O) groups is 1. The molecule has 2 N–H and O–H groups in total. The lowest BCUT2D eigenvalue weighted by Crippen LogP contribution is -2.14. The molecular weight excluding hydrogens is 252 g/mol. The maximum absolute atomic E-state index is 11.4. The predicted octanol–water partition coefficient (Wildman–Crippen LogP) is 3.78. The first-order valence-corrected chi connectivity index (χ1v) is 7.02. The zero-order valence-electron chi connectivity index (χ0n) is 11.9. The summed E-state index contributed by atoms with van der Waals surface area (Å²) in [6.45, 7) is 5.14. The van der Waals surface area contributed by atoms with E-state index in [1.54, 1.807) is 12.1 Å². The van der Waals surface area contributed by atoms with Crippen molar-refractivity contribution in [3.8, 4) is 0 Å². The van der Waals surface area contributed by atoms with Crippen molar-refractivity contribution in [2.24, 2.45) is 5.92 Å². The van der Waals surface area contributed by atoms with Crippen LogP contribution in [0, 0.1) is 5.92 Å². The van der Waals surface area contributed by atoms with Crippen molar-refractivity contribution in [1.82, 2.24) is 4.98 Å². The first-order valence-electron chi connectivity index (χ1n) is 7.02. The molecule has 0 bridgehead atoms. The molecule has 1 aromatic heterocycles. The van der Waals surface area contributed by atoms with Crippen LogP contribution in [0.2, 0.25) is 0 Å². The second-order valence-electron chi connectivity index (χ2n) is 4.94. The Morgan fingerprint density at radius 2 is 2.00 bits per heavy atom. The van der Waals surface area contributed by atoms with Gasteiger partial charge in [0.1, 0.15) is 5.82 Å². The number of nitrogens with zero attached hydrogens (tertiary/aromatic N) is 1. The Morgan fingerprint density at radius 1 is 1.30 bits per heavy atom. The minimum absolute atomic E-state index is 0.294. The number of pyridine rings is 1. The van der Waals surface area contributed by atoms with Gasteiger partial charge in [-0.2, -0.15) is 0 Å². The van der Waals surface area contributed by atoms with Gasteiger partial charge in [-0.3, -0.25) is 0 Å². The second-order valence-corrected chi connectivity index (χ2v) is 4.94. The highest BCUT2D eigenvalue weighted by Crippen LogP contribution is 2.21. The number of carboxylic acid groups (broad SMARTS) is 1. The summed E-state index contributed by atoms with van der Waals surface area (Å²) in [5, 5.41) is 13.3. The van der Waals surface area contributed by atoms with E-state index in [9.17, 15) is 9.90 Å². The SMILES string of the molecule is CCC(CC)CNc1cc(C(=O)O)c2ccccc2n1. The fraction of sp³-hybridized carbons (Fsp3) is 0.375. The van der Waals surface area contributed by atoms with Gasteiger partial charge < -0.3 is 10.4 Å². The van der Waals surface area contributed by atoms with Gasteiger partial charge in [-0.25, -0.2) is 9.78 Å². The minimum Gasteiger partial charge on any atom is -0.478 e. The second kappa shape index (κ2) is 6.37. The molecule has 106 valence electrons. The molecule has 0 aliphatic heterocycles. The van der Waals surface area contributed by atoms with E-state index in [0.717, 1.165) is 19.4 Å². The average Bonchev–Trinajstić information content (AvgIpc) is 2.47. The van der Waals surface area contributed by atoms with Crippen LogP contribution in [0.4, 0.5) is 5.82 Å². The van der Waals surface area contributed by atoms with E-state index in [0.29, 0.717) is 28.2 Å². The lowest BCUT2D eigenvalue weighted by Gasteiger charge is -2.14. The molecule has 0 spiro atoms. The zero-order chi connectivity index (χ0) is 14.5. The third-order valence-corrected chi connectivity index (χ3v) is 3.67. The molecule has 2 rings (SSSR count). The third kappa shape index (κ3) is 3.07. The Hall–Kier alpha value is -2.10. The molecule has 0 saturated heterocycles. The predicted molar refractivity (Wildman–Crippen MR) is 81.3 cm³/mol. The van der Waals surface area contributed by atoms with Crippen molar-refractivity contribution in [3.63, 3.8) is 0 Å². The zero-order valence-corrected chi connectivity index (χ0v) is 11.9. The van der Waals surface area contributed by atoms with E-state index in [1.165, 1.54) is 0 Å². The number of rotatable bonds is 6. The number of benzene rings is 1. The van der Waals surface area contributed by atoms with E-state index >= 15 is 0 Å². The number of anilines is 1. The number of hydrogen-bond donors (Lipinski definition) is 2. The Bertz CT molecular complexity index is 606. The Balaban J connectivity index is 2.33. The van der Waals surface area contributed by atoms with Crippen molar-refractivity contribution in [3.05, 3.63) is 35.9 Å². The largest absolute Gasteiger partial charge is 0.478 e. The number of nitrogens with one attached hydrogen (secondary N) is 1. The highest BCUT2D eigenvalue weighted by Gasteiger charge is 2.12. The fourth-order valence-corrected chi connectivity index (χ4v) is 2.27. The molecule has 0 saturated carbocycles. The summed E-state index contributed by atoms with van der Waals surface area (Å²) in [7, 11) is 0. The van der Waals surface area contributed by atoms with E-state index in [1.807, 2.05) is 18.2 Å². The maximum Gasteiger partial charge on any atom is 0.336 e. The number of carboxylic acids is 1. The first-order chi connectivity index (χ1) is 9.65. The summed E-state index contributed by atoms with van der Waals surface area (Å²) in [5.74, 6) is 0.290. The molecule has 0 atom stereocenters. The number of hydrogen-bond acceptors (Lipinski definition) is 3. The summed E-state index contributed by atoms with van der Waals surface area (Å²) in [6, 6.07) is 8.94. The van der Waals surface area contributed by atoms with Crippen LogP contribution in [0.25, 0.3) is 10.9 Å². The number of aromatic nitrogens is 1. The van der Waals surface area contributed by atoms with Gasteiger partial charge >= 0.3 is 5.97 Å². The summed E-state index contributed by atoms with van der Waals surface area (Å²) >= 11 is 0. The van der Waals surface area contributed by atoms with Crippen LogP contribution in [0.1, 0.15) is 37.0 Å². The number of aromatic carboxylic acids is 1. The van der Waals surface area contributed by atoms with Gasteiger partial charge in [0.15, 0.2) is 0 Å². The van der Waals surface area contributed by atoms with Gasteiger partial charge in [0.25, 0.3) is 0 Å². The average molecular weight is 272 g/mol. The smallest absolute Gasteiger partial charge is 0.336 e. The van der Waals surface area contributed by atoms with Gasteiger partial charge in [-0.05, 0) is 18.1 Å². The molecule has 0 amide bonds. The van der Waals surface area contributed by atoms with E-state index in [2.05, 4.69) is 24.1 Å². The summed E-state index contributed by atoms with van der Waals surface area (Å²) in [5.41, 5.74) is 1.00. The topological polar surface area (TPSA) is 62.2 Å². The van der Waals surface area contributed by atoms with Crippen LogP contribution in [0.3, 0.4) is 0 Å². The fourth-order valence-electron chi connectivity index (χ4n) is 2.27. The maximum atomic E-state index is 11.4. The van der Waals surface area contributed by atoms with Crippen LogP contribution >= 0.6 is 0 Å². The van der Waals surface area contributed by atoms with Gasteiger partial charge in [-0.15, -0.1) is 0 Å². The van der Waals surface area contributed by atoms with E-state index < -0.39 is 5.97 Å². The number of fused-ring (bicyclic) bond motifs is 1. The molecule has 4 nitrogen and oxygen atoms in total. The molecule has 4 heteroatoms. The Morgan fingerprint density at radius 3 is 2.65 bits per heavy atom. The Kier molecular flexibility index (Phi) is 4.56. The lowest BCUT2D eigenvalue weighted by atomic mass is 10.0. The van der Waals surface area contributed by atoms with Gasteiger partial charge in [0.2, 0.25) is 0 Å². The monoisotopic (exact) mass is 272 g/mol. The van der Waals surface area contributed by atoms with Crippen molar-refractivity contribution >= 4 is 22.7 Å². The summed E-state index contributed by atoms with van der Waals surface area (Å²) in [4.78, 5) is 15.8. The van der Waals surface area contributed by atoms with Crippen LogP contribution in [-0.2, 0) is 0 Å². The standard InChI is InChI=1S/C16H20N2O2/c1-3-11(4-2)10-17-15-9-13(16(19)20)12-7-5-6-8-14(12)18-15/h5-9,11H,3-4,10H2,1-2H3,(H,17,18)(H,19,20). The van der Waals surface area contributed by atoms with Crippen LogP contribution in [-0.4, -0.2) is 22.6 Å². The van der Waals surface area contributed by atoms with E-state index in [4.69, 9.17) is 0 Å².